The minimum absolute atomic E-state index is 0.271. The molecule has 0 unspecified atom stereocenters. The number of nitrogens with zero attached hydrogens (tertiary/aromatic N) is 4. The maximum atomic E-state index is 9.68. The van der Waals surface area contributed by atoms with Gasteiger partial charge in [-0.15, -0.1) is 0 Å². The van der Waals surface area contributed by atoms with Crippen LogP contribution in [0.1, 0.15) is 35.8 Å². The van der Waals surface area contributed by atoms with Crippen LogP contribution in [0.3, 0.4) is 0 Å². The number of allylic oxidation sites excluding steroid dienone is 2. The summed E-state index contributed by atoms with van der Waals surface area (Å²) in [5.41, 5.74) is 2.18. The number of benzene rings is 2. The fraction of sp³-hybridized carbons (Fsp3) is 0.167. The molecule has 0 amide bonds. The molecule has 0 spiro atoms. The topological polar surface area (TPSA) is 91.8 Å². The summed E-state index contributed by atoms with van der Waals surface area (Å²) in [6.07, 6.45) is 3.41. The highest BCUT2D eigenvalue weighted by Crippen LogP contribution is 2.28. The second kappa shape index (κ2) is 10.7. The van der Waals surface area contributed by atoms with Crippen LogP contribution in [-0.2, 0) is 0 Å². The van der Waals surface area contributed by atoms with E-state index in [-0.39, 0.29) is 5.82 Å². The van der Waals surface area contributed by atoms with Gasteiger partial charge < -0.3 is 9.47 Å². The summed E-state index contributed by atoms with van der Waals surface area (Å²) in [4.78, 5) is 4.44. The Morgan fingerprint density at radius 2 is 1.39 bits per heavy atom. The third-order valence-electron chi connectivity index (χ3n) is 4.18. The van der Waals surface area contributed by atoms with Crippen LogP contribution in [0.25, 0.3) is 23.3 Å². The predicted octanol–water partition coefficient (Wildman–Crippen LogP) is 5.46. The van der Waals surface area contributed by atoms with Gasteiger partial charge in [-0.3, -0.25) is 0 Å². The predicted molar refractivity (Wildman–Crippen MR) is 122 cm³/mol. The van der Waals surface area contributed by atoms with E-state index in [1.54, 1.807) is 12.2 Å². The largest absolute Gasteiger partial charge is 0.493 e. The molecule has 3 rings (SSSR count). The highest BCUT2D eigenvalue weighted by molar-refractivity contribution is 7.06. The van der Waals surface area contributed by atoms with E-state index in [0.29, 0.717) is 40.9 Å². The van der Waals surface area contributed by atoms with Crippen LogP contribution in [0.4, 0.5) is 0 Å². The van der Waals surface area contributed by atoms with Gasteiger partial charge in [0.1, 0.15) is 23.6 Å². The Balaban J connectivity index is 1.96. The first-order valence-electron chi connectivity index (χ1n) is 9.71. The van der Waals surface area contributed by atoms with Crippen molar-refractivity contribution < 1.29 is 9.47 Å². The van der Waals surface area contributed by atoms with Crippen molar-refractivity contribution in [1.29, 1.82) is 10.5 Å². The minimum atomic E-state index is 0.271. The lowest BCUT2D eigenvalue weighted by molar-refractivity contribution is 0.339. The summed E-state index contributed by atoms with van der Waals surface area (Å²) >= 11 is 1.07. The maximum Gasteiger partial charge on any atom is 0.184 e. The van der Waals surface area contributed by atoms with E-state index in [1.807, 2.05) is 62.4 Å². The molecule has 7 heteroatoms. The van der Waals surface area contributed by atoms with Crippen LogP contribution in [0.2, 0.25) is 0 Å². The van der Waals surface area contributed by atoms with Gasteiger partial charge in [-0.1, -0.05) is 36.4 Å². The van der Waals surface area contributed by atoms with Gasteiger partial charge >= 0.3 is 0 Å². The van der Waals surface area contributed by atoms with Gasteiger partial charge in [0.05, 0.1) is 24.4 Å². The standard InChI is InChI=1S/C24H20N4O2S/c1-3-29-21-11-7-5-9-17(21)13-19(15-25)23-27-24(31-28-23)20(16-26)14-18-10-6-8-12-22(18)30-4-2/h5-14H,3-4H2,1-2H3/b19-13+,20-14+. The Morgan fingerprint density at radius 3 is 1.90 bits per heavy atom. The average Bonchev–Trinajstić information content (AvgIpc) is 3.28. The van der Waals surface area contributed by atoms with Gasteiger partial charge in [0.25, 0.3) is 0 Å². The normalized spacial score (nSPS) is 11.5. The molecular weight excluding hydrogens is 408 g/mol. The summed E-state index contributed by atoms with van der Waals surface area (Å²) in [7, 11) is 0. The lowest BCUT2D eigenvalue weighted by atomic mass is 10.1. The zero-order valence-corrected chi connectivity index (χ0v) is 18.0. The molecular formula is C24H20N4O2S. The Hall–Kier alpha value is -3.94. The van der Waals surface area contributed by atoms with Gasteiger partial charge in [-0.05, 0) is 49.7 Å². The molecule has 31 heavy (non-hydrogen) atoms. The number of aromatic nitrogens is 2. The van der Waals surface area contributed by atoms with Crippen LogP contribution in [-0.4, -0.2) is 22.6 Å². The summed E-state index contributed by atoms with van der Waals surface area (Å²) in [6.45, 7) is 4.85. The number of ether oxygens (including phenoxy) is 2. The fourth-order valence-corrected chi connectivity index (χ4v) is 3.46. The Morgan fingerprint density at radius 1 is 0.871 bits per heavy atom. The van der Waals surface area contributed by atoms with Crippen molar-refractivity contribution in [2.45, 2.75) is 13.8 Å². The van der Waals surface area contributed by atoms with Crippen LogP contribution < -0.4 is 9.47 Å². The van der Waals surface area contributed by atoms with Crippen molar-refractivity contribution in [3.63, 3.8) is 0 Å². The third-order valence-corrected chi connectivity index (χ3v) is 4.92. The first-order valence-corrected chi connectivity index (χ1v) is 10.5. The quantitative estimate of drug-likeness (QED) is 0.442. The zero-order chi connectivity index (χ0) is 22.1. The molecule has 2 aromatic carbocycles. The molecule has 0 aliphatic carbocycles. The molecule has 0 bridgehead atoms. The highest BCUT2D eigenvalue weighted by atomic mass is 32.1. The number of rotatable bonds is 8. The van der Waals surface area contributed by atoms with Crippen molar-refractivity contribution in [2.24, 2.45) is 0 Å². The molecule has 0 atom stereocenters. The highest BCUT2D eigenvalue weighted by Gasteiger charge is 2.14. The van der Waals surface area contributed by atoms with Crippen molar-refractivity contribution >= 4 is 34.8 Å². The molecule has 6 nitrogen and oxygen atoms in total. The van der Waals surface area contributed by atoms with Gasteiger partial charge in [0.2, 0.25) is 0 Å². The van der Waals surface area contributed by atoms with Gasteiger partial charge in [0.15, 0.2) is 10.8 Å². The van der Waals surface area contributed by atoms with Gasteiger partial charge in [-0.2, -0.15) is 14.9 Å². The monoisotopic (exact) mass is 428 g/mol. The molecule has 1 heterocycles. The van der Waals surface area contributed by atoms with Crippen LogP contribution in [0.5, 0.6) is 11.5 Å². The van der Waals surface area contributed by atoms with Crippen molar-refractivity contribution in [3.05, 3.63) is 70.5 Å². The molecule has 154 valence electrons. The fourth-order valence-electron chi connectivity index (χ4n) is 2.82. The van der Waals surface area contributed by atoms with E-state index in [9.17, 15) is 10.5 Å². The molecule has 0 saturated heterocycles. The van der Waals surface area contributed by atoms with E-state index >= 15 is 0 Å². The van der Waals surface area contributed by atoms with Crippen molar-refractivity contribution in [2.75, 3.05) is 13.2 Å². The molecule has 0 aliphatic heterocycles. The average molecular weight is 429 g/mol. The van der Waals surface area contributed by atoms with E-state index in [1.165, 1.54) is 0 Å². The molecule has 3 aromatic rings. The Bertz CT molecular complexity index is 1110. The number of nitriles is 2. The van der Waals surface area contributed by atoms with E-state index in [2.05, 4.69) is 21.5 Å². The SMILES string of the molecule is CCOc1ccccc1/C=C(\C#N)c1nsc(/C(C#N)=C/c2ccccc2OCC)n1. The van der Waals surface area contributed by atoms with Crippen molar-refractivity contribution in [3.8, 4) is 23.6 Å². The minimum Gasteiger partial charge on any atom is -0.493 e. The first-order chi connectivity index (χ1) is 15.2. The number of hydrogen-bond donors (Lipinski definition) is 0. The molecule has 1 aromatic heterocycles. The lowest BCUT2D eigenvalue weighted by Crippen LogP contribution is -1.94. The van der Waals surface area contributed by atoms with E-state index in [4.69, 9.17) is 9.47 Å². The molecule has 0 N–H and O–H groups in total. The summed E-state index contributed by atoms with van der Waals surface area (Å²) in [5.74, 6) is 1.64. The second-order valence-electron chi connectivity index (χ2n) is 6.20. The summed E-state index contributed by atoms with van der Waals surface area (Å²) in [6, 6.07) is 19.2. The molecule has 0 fully saturated rings. The third kappa shape index (κ3) is 5.36. The maximum absolute atomic E-state index is 9.68. The van der Waals surface area contributed by atoms with Crippen LogP contribution in [0, 0.1) is 22.7 Å². The lowest BCUT2D eigenvalue weighted by Gasteiger charge is -2.06. The zero-order valence-electron chi connectivity index (χ0n) is 17.2. The number of para-hydroxylation sites is 2. The van der Waals surface area contributed by atoms with Crippen LogP contribution >= 0.6 is 11.5 Å². The van der Waals surface area contributed by atoms with E-state index in [0.717, 1.165) is 22.7 Å². The van der Waals surface area contributed by atoms with Crippen LogP contribution in [0.15, 0.2) is 48.5 Å². The van der Waals surface area contributed by atoms with Crippen molar-refractivity contribution in [1.82, 2.24) is 9.36 Å². The Labute approximate surface area is 185 Å². The molecule has 0 aliphatic rings. The smallest absolute Gasteiger partial charge is 0.184 e. The van der Waals surface area contributed by atoms with E-state index < -0.39 is 0 Å². The molecule has 0 radical (unpaired) electrons. The summed E-state index contributed by atoms with van der Waals surface area (Å²) in [5, 5.41) is 19.8. The van der Waals surface area contributed by atoms with Gasteiger partial charge in [0, 0.05) is 11.1 Å². The first kappa shape index (κ1) is 21.8. The molecule has 0 saturated carbocycles. The Kier molecular flexibility index (Phi) is 7.53. The second-order valence-corrected chi connectivity index (χ2v) is 6.96. The summed E-state index contributed by atoms with van der Waals surface area (Å²) < 4.78 is 15.6. The number of hydrogen-bond acceptors (Lipinski definition) is 7. The van der Waals surface area contributed by atoms with Gasteiger partial charge in [-0.25, -0.2) is 4.98 Å².